The van der Waals surface area contributed by atoms with Gasteiger partial charge >= 0.3 is 0 Å². The maximum absolute atomic E-state index is 5.95. The lowest BCUT2D eigenvalue weighted by Crippen LogP contribution is -1.95. The van der Waals surface area contributed by atoms with Crippen molar-refractivity contribution in [1.29, 1.82) is 0 Å². The van der Waals surface area contributed by atoms with Crippen LogP contribution in [0.2, 0.25) is 0 Å². The quantitative estimate of drug-likeness (QED) is 0.657. The van der Waals surface area contributed by atoms with Gasteiger partial charge in [0.05, 0.1) is 5.52 Å². The number of nitrogens with zero attached hydrogens (tertiary/aromatic N) is 1. The minimum absolute atomic E-state index is 0.807. The average Bonchev–Trinajstić information content (AvgIpc) is 2.65. The van der Waals surface area contributed by atoms with Gasteiger partial charge in [-0.2, -0.15) is 0 Å². The van der Waals surface area contributed by atoms with Crippen LogP contribution in [0.4, 0.5) is 11.4 Å². The van der Waals surface area contributed by atoms with Gasteiger partial charge < -0.3 is 11.1 Å². The second-order valence-corrected chi connectivity index (χ2v) is 3.57. The molecule has 0 saturated carbocycles. The molecule has 14 heavy (non-hydrogen) atoms. The van der Waals surface area contributed by atoms with Crippen molar-refractivity contribution in [2.75, 3.05) is 17.6 Å². The normalized spacial score (nSPS) is 14.0. The second kappa shape index (κ2) is 2.61. The van der Waals surface area contributed by atoms with Gasteiger partial charge in [0.15, 0.2) is 0 Å². The Labute approximate surface area is 81.9 Å². The Bertz CT molecular complexity index is 505. The van der Waals surface area contributed by atoms with Crippen LogP contribution in [-0.2, 0) is 6.42 Å². The standard InChI is InChI=1S/C11H11N3/c12-8-4-6-13-9-2-1-7-3-5-14-11(7)10(8)9/h1-2,4,6,14H,3,5H2,(H2,12,13). The van der Waals surface area contributed by atoms with Crippen LogP contribution in [-0.4, -0.2) is 11.5 Å². The Hall–Kier alpha value is -1.77. The number of nitrogens with two attached hydrogens (primary N) is 1. The number of anilines is 2. The summed E-state index contributed by atoms with van der Waals surface area (Å²) in [6, 6.07) is 6.02. The minimum Gasteiger partial charge on any atom is -0.398 e. The van der Waals surface area contributed by atoms with Crippen LogP contribution in [0.1, 0.15) is 5.56 Å². The third kappa shape index (κ3) is 0.894. The predicted octanol–water partition coefficient (Wildman–Crippen LogP) is 1.78. The van der Waals surface area contributed by atoms with E-state index in [-0.39, 0.29) is 0 Å². The van der Waals surface area contributed by atoms with E-state index in [2.05, 4.69) is 16.4 Å². The monoisotopic (exact) mass is 185 g/mol. The molecular weight excluding hydrogens is 174 g/mol. The van der Waals surface area contributed by atoms with Gasteiger partial charge in [-0.25, -0.2) is 0 Å². The van der Waals surface area contributed by atoms with Gasteiger partial charge in [-0.3, -0.25) is 4.98 Å². The lowest BCUT2D eigenvalue weighted by Gasteiger charge is -2.07. The highest BCUT2D eigenvalue weighted by molar-refractivity contribution is 6.02. The summed E-state index contributed by atoms with van der Waals surface area (Å²) in [5, 5.41) is 4.44. The summed E-state index contributed by atoms with van der Waals surface area (Å²) in [5.41, 5.74) is 10.2. The first-order valence-corrected chi connectivity index (χ1v) is 4.76. The molecule has 1 aliphatic heterocycles. The first kappa shape index (κ1) is 7.62. The number of fused-ring (bicyclic) bond motifs is 3. The fraction of sp³-hybridized carbons (Fsp3) is 0.182. The molecule has 0 amide bonds. The van der Waals surface area contributed by atoms with Crippen LogP contribution in [0.3, 0.4) is 0 Å². The van der Waals surface area contributed by atoms with Crippen LogP contribution >= 0.6 is 0 Å². The molecule has 0 bridgehead atoms. The summed E-state index contributed by atoms with van der Waals surface area (Å²) >= 11 is 0. The third-order valence-electron chi connectivity index (χ3n) is 2.72. The Kier molecular flexibility index (Phi) is 1.42. The lowest BCUT2D eigenvalue weighted by atomic mass is 10.1. The molecule has 2 aromatic rings. The number of hydrogen-bond acceptors (Lipinski definition) is 3. The fourth-order valence-corrected chi connectivity index (χ4v) is 2.05. The molecule has 3 rings (SSSR count). The minimum atomic E-state index is 0.807. The van der Waals surface area contributed by atoms with E-state index in [0.717, 1.165) is 29.6 Å². The average molecular weight is 185 g/mol. The van der Waals surface area contributed by atoms with E-state index < -0.39 is 0 Å². The molecule has 0 aliphatic carbocycles. The molecule has 3 nitrogen and oxygen atoms in total. The van der Waals surface area contributed by atoms with E-state index in [1.165, 1.54) is 11.3 Å². The molecule has 0 unspecified atom stereocenters. The van der Waals surface area contributed by atoms with E-state index in [9.17, 15) is 0 Å². The van der Waals surface area contributed by atoms with Crippen molar-refractivity contribution in [2.45, 2.75) is 6.42 Å². The predicted molar refractivity (Wildman–Crippen MR) is 58.3 cm³/mol. The van der Waals surface area contributed by atoms with Gasteiger partial charge in [-0.05, 0) is 24.1 Å². The van der Waals surface area contributed by atoms with Crippen LogP contribution in [0.15, 0.2) is 24.4 Å². The summed E-state index contributed by atoms with van der Waals surface area (Å²) in [7, 11) is 0. The van der Waals surface area contributed by atoms with Gasteiger partial charge in [-0.15, -0.1) is 0 Å². The Balaban J connectivity index is 2.47. The molecule has 1 aromatic heterocycles. The zero-order valence-corrected chi connectivity index (χ0v) is 7.75. The smallest absolute Gasteiger partial charge is 0.0743 e. The van der Waals surface area contributed by atoms with Crippen molar-refractivity contribution in [3.05, 3.63) is 30.0 Å². The van der Waals surface area contributed by atoms with Crippen molar-refractivity contribution in [3.8, 4) is 0 Å². The van der Waals surface area contributed by atoms with Crippen molar-refractivity contribution in [3.63, 3.8) is 0 Å². The van der Waals surface area contributed by atoms with Crippen molar-refractivity contribution >= 4 is 22.3 Å². The van der Waals surface area contributed by atoms with Gasteiger partial charge in [0.25, 0.3) is 0 Å². The second-order valence-electron chi connectivity index (χ2n) is 3.57. The highest BCUT2D eigenvalue weighted by atomic mass is 14.9. The van der Waals surface area contributed by atoms with Gasteiger partial charge in [0, 0.05) is 29.5 Å². The summed E-state index contributed by atoms with van der Waals surface area (Å²) in [6.45, 7) is 1.00. The van der Waals surface area contributed by atoms with E-state index in [1.54, 1.807) is 6.20 Å². The molecule has 3 N–H and O–H groups in total. The number of pyridine rings is 1. The lowest BCUT2D eigenvalue weighted by molar-refractivity contribution is 1.11. The van der Waals surface area contributed by atoms with Crippen LogP contribution < -0.4 is 11.1 Å². The maximum Gasteiger partial charge on any atom is 0.0743 e. The summed E-state index contributed by atoms with van der Waals surface area (Å²) in [6.07, 6.45) is 2.83. The molecule has 1 aromatic carbocycles. The molecule has 0 fully saturated rings. The topological polar surface area (TPSA) is 50.9 Å². The Morgan fingerprint density at radius 1 is 1.29 bits per heavy atom. The number of nitrogen functional groups attached to an aromatic ring is 1. The zero-order chi connectivity index (χ0) is 9.54. The summed E-state index contributed by atoms with van der Waals surface area (Å²) in [5.74, 6) is 0. The first-order valence-electron chi connectivity index (χ1n) is 4.76. The first-order chi connectivity index (χ1) is 6.86. The number of hydrogen-bond donors (Lipinski definition) is 2. The maximum atomic E-state index is 5.95. The van der Waals surface area contributed by atoms with E-state index in [0.29, 0.717) is 0 Å². The largest absolute Gasteiger partial charge is 0.398 e. The van der Waals surface area contributed by atoms with E-state index >= 15 is 0 Å². The Morgan fingerprint density at radius 2 is 2.21 bits per heavy atom. The summed E-state index contributed by atoms with van der Waals surface area (Å²) < 4.78 is 0. The number of aromatic nitrogens is 1. The molecule has 1 aliphatic rings. The molecular formula is C11H11N3. The van der Waals surface area contributed by atoms with E-state index in [4.69, 9.17) is 5.73 Å². The number of benzene rings is 1. The van der Waals surface area contributed by atoms with Crippen LogP contribution in [0.5, 0.6) is 0 Å². The summed E-state index contributed by atoms with van der Waals surface area (Å²) in [4.78, 5) is 4.30. The molecule has 0 radical (unpaired) electrons. The van der Waals surface area contributed by atoms with Gasteiger partial charge in [0.2, 0.25) is 0 Å². The van der Waals surface area contributed by atoms with Crippen LogP contribution in [0.25, 0.3) is 10.9 Å². The van der Waals surface area contributed by atoms with Gasteiger partial charge in [0.1, 0.15) is 0 Å². The van der Waals surface area contributed by atoms with Crippen LogP contribution in [0, 0.1) is 0 Å². The van der Waals surface area contributed by atoms with Crippen molar-refractivity contribution in [2.24, 2.45) is 0 Å². The highest BCUT2D eigenvalue weighted by Crippen LogP contribution is 2.33. The molecule has 2 heterocycles. The highest BCUT2D eigenvalue weighted by Gasteiger charge is 2.14. The molecule has 3 heteroatoms. The van der Waals surface area contributed by atoms with Crippen molar-refractivity contribution in [1.82, 2.24) is 4.98 Å². The number of nitrogens with one attached hydrogen (secondary N) is 1. The third-order valence-corrected chi connectivity index (χ3v) is 2.72. The van der Waals surface area contributed by atoms with Crippen molar-refractivity contribution < 1.29 is 0 Å². The Morgan fingerprint density at radius 3 is 3.14 bits per heavy atom. The van der Waals surface area contributed by atoms with Gasteiger partial charge in [-0.1, -0.05) is 6.07 Å². The molecule has 0 atom stereocenters. The van der Waals surface area contributed by atoms with E-state index in [1.807, 2.05) is 12.1 Å². The fourth-order valence-electron chi connectivity index (χ4n) is 2.05. The zero-order valence-electron chi connectivity index (χ0n) is 7.75. The number of rotatable bonds is 0. The molecule has 70 valence electrons. The SMILES string of the molecule is Nc1ccnc2ccc3c(c12)NCC3. The molecule has 0 spiro atoms. The molecule has 0 saturated heterocycles.